The van der Waals surface area contributed by atoms with Crippen LogP contribution in [-0.4, -0.2) is 46.9 Å². The van der Waals surface area contributed by atoms with E-state index >= 15 is 0 Å². The number of carbonyl (C=O) groups excluding carboxylic acids is 1. The lowest BCUT2D eigenvalue weighted by molar-refractivity contribution is -0.126. The van der Waals surface area contributed by atoms with E-state index in [-0.39, 0.29) is 11.3 Å². The number of rotatable bonds is 6. The highest BCUT2D eigenvalue weighted by atomic mass is 35.5. The Morgan fingerprint density at radius 2 is 1.97 bits per heavy atom. The highest BCUT2D eigenvalue weighted by Crippen LogP contribution is 2.46. The van der Waals surface area contributed by atoms with Gasteiger partial charge in [-0.05, 0) is 74.8 Å². The molecule has 3 heterocycles. The predicted molar refractivity (Wildman–Crippen MR) is 121 cm³/mol. The fraction of sp³-hybridized carbons (Fsp3) is 0.391. The Kier molecular flexibility index (Phi) is 6.90. The Morgan fingerprint density at radius 3 is 2.72 bits per heavy atom. The molecule has 4 rings (SSSR count). The van der Waals surface area contributed by atoms with E-state index in [2.05, 4.69) is 16.0 Å². The maximum absolute atomic E-state index is 13.2. The van der Waals surface area contributed by atoms with Crippen molar-refractivity contribution in [3.8, 4) is 0 Å². The van der Waals surface area contributed by atoms with Crippen molar-refractivity contribution >= 4 is 35.3 Å². The van der Waals surface area contributed by atoms with Crippen LogP contribution in [0, 0.1) is 0 Å². The lowest BCUT2D eigenvalue weighted by atomic mass is 10.1. The van der Waals surface area contributed by atoms with E-state index in [1.54, 1.807) is 18.0 Å². The summed E-state index contributed by atoms with van der Waals surface area (Å²) in [5.74, 6) is 0.0873. The van der Waals surface area contributed by atoms with Gasteiger partial charge in [0.05, 0.1) is 10.6 Å². The molecule has 0 bridgehead atoms. The molecule has 1 unspecified atom stereocenters. The van der Waals surface area contributed by atoms with Gasteiger partial charge in [-0.25, -0.2) is 0 Å². The smallest absolute Gasteiger partial charge is 0.261 e. The molecule has 2 aliphatic heterocycles. The summed E-state index contributed by atoms with van der Waals surface area (Å²) in [7, 11) is 0. The van der Waals surface area contributed by atoms with Crippen LogP contribution in [0.4, 0.5) is 0 Å². The van der Waals surface area contributed by atoms with E-state index in [1.165, 1.54) is 32.4 Å². The molecular formula is C23H26ClN3OS. The number of likely N-dealkylation sites (tertiary alicyclic amines) is 1. The molecule has 1 aromatic carbocycles. The zero-order chi connectivity index (χ0) is 20.1. The van der Waals surface area contributed by atoms with Crippen molar-refractivity contribution in [3.05, 3.63) is 69.8 Å². The summed E-state index contributed by atoms with van der Waals surface area (Å²) in [5.41, 5.74) is 1.88. The molecule has 1 aromatic heterocycles. The van der Waals surface area contributed by atoms with E-state index in [0.717, 1.165) is 35.7 Å². The van der Waals surface area contributed by atoms with Gasteiger partial charge in [0.15, 0.2) is 0 Å². The summed E-state index contributed by atoms with van der Waals surface area (Å²) < 4.78 is 0. The number of aromatic nitrogens is 1. The third-order valence-electron chi connectivity index (χ3n) is 5.42. The third-order valence-corrected chi connectivity index (χ3v) is 6.95. The van der Waals surface area contributed by atoms with Gasteiger partial charge >= 0.3 is 0 Å². The highest BCUT2D eigenvalue weighted by Gasteiger charge is 2.37. The van der Waals surface area contributed by atoms with Crippen molar-refractivity contribution in [1.29, 1.82) is 0 Å². The van der Waals surface area contributed by atoms with Crippen LogP contribution in [0.2, 0.25) is 5.02 Å². The SMILES string of the molecule is O=C1C(=Cc2ccccn2)SC(c2cccc(Cl)c2)N1CCCN1CCCCC1. The minimum absolute atomic E-state index is 0.0440. The Hall–Kier alpha value is -1.82. The van der Waals surface area contributed by atoms with Crippen LogP contribution >= 0.6 is 23.4 Å². The minimum atomic E-state index is -0.0440. The molecule has 0 radical (unpaired) electrons. The van der Waals surface area contributed by atoms with E-state index in [1.807, 2.05) is 47.4 Å². The molecule has 0 spiro atoms. The number of carbonyl (C=O) groups is 1. The van der Waals surface area contributed by atoms with Crippen molar-refractivity contribution in [2.24, 2.45) is 0 Å². The second-order valence-corrected chi connectivity index (χ2v) is 9.10. The average molecular weight is 428 g/mol. The third kappa shape index (κ3) is 5.21. The van der Waals surface area contributed by atoms with Gasteiger partial charge in [0, 0.05) is 17.8 Å². The predicted octanol–water partition coefficient (Wildman–Crippen LogP) is 5.23. The maximum Gasteiger partial charge on any atom is 0.261 e. The van der Waals surface area contributed by atoms with Gasteiger partial charge in [-0.3, -0.25) is 9.78 Å². The number of piperidine rings is 1. The minimum Gasteiger partial charge on any atom is -0.322 e. The number of benzene rings is 1. The summed E-state index contributed by atoms with van der Waals surface area (Å²) in [6.45, 7) is 4.17. The molecule has 1 atom stereocenters. The number of nitrogens with zero attached hydrogens (tertiary/aromatic N) is 3. The quantitative estimate of drug-likeness (QED) is 0.591. The molecule has 0 aliphatic carbocycles. The molecule has 2 saturated heterocycles. The van der Waals surface area contributed by atoms with Gasteiger partial charge in [0.1, 0.15) is 5.37 Å². The largest absolute Gasteiger partial charge is 0.322 e. The fourth-order valence-electron chi connectivity index (χ4n) is 3.95. The van der Waals surface area contributed by atoms with Crippen LogP contribution in [0.15, 0.2) is 53.6 Å². The van der Waals surface area contributed by atoms with Crippen molar-refractivity contribution < 1.29 is 4.79 Å². The molecular weight excluding hydrogens is 402 g/mol. The normalized spacial score (nSPS) is 21.8. The van der Waals surface area contributed by atoms with Gasteiger partial charge in [0.25, 0.3) is 5.91 Å². The van der Waals surface area contributed by atoms with Gasteiger partial charge in [0.2, 0.25) is 0 Å². The van der Waals surface area contributed by atoms with Crippen LogP contribution < -0.4 is 0 Å². The van der Waals surface area contributed by atoms with Crippen LogP contribution in [0.25, 0.3) is 6.08 Å². The molecule has 29 heavy (non-hydrogen) atoms. The first-order chi connectivity index (χ1) is 14.2. The van der Waals surface area contributed by atoms with Crippen molar-refractivity contribution in [2.45, 2.75) is 31.1 Å². The van der Waals surface area contributed by atoms with Crippen LogP contribution in [0.1, 0.15) is 42.3 Å². The van der Waals surface area contributed by atoms with E-state index < -0.39 is 0 Å². The van der Waals surface area contributed by atoms with Crippen LogP contribution in [0.3, 0.4) is 0 Å². The highest BCUT2D eigenvalue weighted by molar-refractivity contribution is 8.04. The number of pyridine rings is 1. The maximum atomic E-state index is 13.2. The Balaban J connectivity index is 1.51. The van der Waals surface area contributed by atoms with Crippen molar-refractivity contribution in [3.63, 3.8) is 0 Å². The summed E-state index contributed by atoms with van der Waals surface area (Å²) in [4.78, 5) is 22.8. The second kappa shape index (κ2) is 9.79. The van der Waals surface area contributed by atoms with Crippen LogP contribution in [-0.2, 0) is 4.79 Å². The molecule has 2 fully saturated rings. The average Bonchev–Trinajstić information content (AvgIpc) is 3.05. The fourth-order valence-corrected chi connectivity index (χ4v) is 5.41. The Morgan fingerprint density at radius 1 is 1.10 bits per heavy atom. The Labute approximate surface area is 181 Å². The van der Waals surface area contributed by atoms with Gasteiger partial charge < -0.3 is 9.80 Å². The summed E-state index contributed by atoms with van der Waals surface area (Å²) in [6, 6.07) is 13.6. The lowest BCUT2D eigenvalue weighted by Gasteiger charge is -2.28. The van der Waals surface area contributed by atoms with E-state index in [4.69, 9.17) is 11.6 Å². The number of amides is 1. The summed E-state index contributed by atoms with van der Waals surface area (Å²) in [5, 5.41) is 0.656. The second-order valence-electron chi connectivity index (χ2n) is 7.54. The molecule has 6 heteroatoms. The number of thioether (sulfide) groups is 1. The first kappa shape index (κ1) is 20.5. The Bertz CT molecular complexity index is 867. The molecule has 2 aliphatic rings. The zero-order valence-corrected chi connectivity index (χ0v) is 18.0. The monoisotopic (exact) mass is 427 g/mol. The number of hydrogen-bond acceptors (Lipinski definition) is 4. The first-order valence-electron chi connectivity index (χ1n) is 10.3. The molecule has 0 saturated carbocycles. The molecule has 2 aromatic rings. The van der Waals surface area contributed by atoms with Gasteiger partial charge in [-0.1, -0.05) is 48.0 Å². The topological polar surface area (TPSA) is 36.4 Å². The molecule has 1 amide bonds. The first-order valence-corrected chi connectivity index (χ1v) is 11.5. The standard InChI is InChI=1S/C23H26ClN3OS/c24-19-9-6-8-18(16-19)23-27(15-7-14-26-12-4-1-5-13-26)22(28)21(29-23)17-20-10-2-3-11-25-20/h2-3,6,8-11,16-17,23H,1,4-5,7,12-15H2. The lowest BCUT2D eigenvalue weighted by Crippen LogP contribution is -2.34. The van der Waals surface area contributed by atoms with Crippen molar-refractivity contribution in [2.75, 3.05) is 26.2 Å². The molecule has 0 N–H and O–H groups in total. The summed E-state index contributed by atoms with van der Waals surface area (Å²) in [6.07, 6.45) is 8.56. The van der Waals surface area contributed by atoms with Gasteiger partial charge in [-0.15, -0.1) is 0 Å². The van der Waals surface area contributed by atoms with Crippen molar-refractivity contribution in [1.82, 2.24) is 14.8 Å². The molecule has 4 nitrogen and oxygen atoms in total. The zero-order valence-electron chi connectivity index (χ0n) is 16.5. The molecule has 152 valence electrons. The number of halogens is 1. The van der Waals surface area contributed by atoms with Crippen LogP contribution in [0.5, 0.6) is 0 Å². The summed E-state index contributed by atoms with van der Waals surface area (Å²) >= 11 is 7.83. The van der Waals surface area contributed by atoms with Gasteiger partial charge in [-0.2, -0.15) is 0 Å². The van der Waals surface area contributed by atoms with E-state index in [0.29, 0.717) is 5.02 Å². The number of hydrogen-bond donors (Lipinski definition) is 0. The van der Waals surface area contributed by atoms with E-state index in [9.17, 15) is 4.79 Å².